The Morgan fingerprint density at radius 1 is 1.47 bits per heavy atom. The summed E-state index contributed by atoms with van der Waals surface area (Å²) < 4.78 is 0. The van der Waals surface area contributed by atoms with Crippen LogP contribution in [0.1, 0.15) is 38.2 Å². The average molecular weight is 294 g/mol. The van der Waals surface area contributed by atoms with Crippen molar-refractivity contribution < 1.29 is 0 Å². The molecule has 1 saturated carbocycles. The van der Waals surface area contributed by atoms with E-state index in [2.05, 4.69) is 30.4 Å². The molecule has 1 aliphatic rings. The summed E-state index contributed by atoms with van der Waals surface area (Å²) in [7, 11) is 0. The first-order valence-electron chi connectivity index (χ1n) is 7.02. The first-order chi connectivity index (χ1) is 9.22. The Labute approximate surface area is 125 Å². The Balaban J connectivity index is 2.00. The Morgan fingerprint density at radius 2 is 2.26 bits per heavy atom. The van der Waals surface area contributed by atoms with Crippen LogP contribution in [-0.4, -0.2) is 17.3 Å². The van der Waals surface area contributed by atoms with Crippen molar-refractivity contribution in [2.45, 2.75) is 37.5 Å². The van der Waals surface area contributed by atoms with Gasteiger partial charge in [0, 0.05) is 22.7 Å². The van der Waals surface area contributed by atoms with Gasteiger partial charge in [0.25, 0.3) is 0 Å². The lowest BCUT2D eigenvalue weighted by Gasteiger charge is -2.14. The van der Waals surface area contributed by atoms with E-state index >= 15 is 0 Å². The van der Waals surface area contributed by atoms with Crippen molar-refractivity contribution in [1.82, 2.24) is 0 Å². The van der Waals surface area contributed by atoms with Crippen molar-refractivity contribution in [3.05, 3.63) is 23.8 Å². The second-order valence-electron chi connectivity index (χ2n) is 4.99. The SMILES string of the molecule is CCSc1cccc(NCCCC2CC2)c1C(N)=S. The van der Waals surface area contributed by atoms with Gasteiger partial charge >= 0.3 is 0 Å². The highest BCUT2D eigenvalue weighted by Gasteiger charge is 2.20. The molecule has 1 aromatic carbocycles. The third kappa shape index (κ3) is 4.39. The molecule has 0 heterocycles. The highest BCUT2D eigenvalue weighted by molar-refractivity contribution is 7.99. The minimum absolute atomic E-state index is 0.487. The molecule has 0 aliphatic heterocycles. The molecule has 0 bridgehead atoms. The summed E-state index contributed by atoms with van der Waals surface area (Å²) in [5.41, 5.74) is 7.98. The molecule has 0 aromatic heterocycles. The van der Waals surface area contributed by atoms with Crippen LogP contribution in [0, 0.1) is 5.92 Å². The predicted octanol–water partition coefficient (Wildman–Crippen LogP) is 4.03. The number of hydrogen-bond acceptors (Lipinski definition) is 3. The van der Waals surface area contributed by atoms with Crippen molar-refractivity contribution in [2.24, 2.45) is 11.7 Å². The second kappa shape index (κ2) is 7.15. The summed E-state index contributed by atoms with van der Waals surface area (Å²) in [6.07, 6.45) is 5.44. The molecule has 0 amide bonds. The molecule has 19 heavy (non-hydrogen) atoms. The van der Waals surface area contributed by atoms with E-state index in [9.17, 15) is 0 Å². The number of rotatable bonds is 8. The van der Waals surface area contributed by atoms with Gasteiger partial charge in [-0.15, -0.1) is 11.8 Å². The van der Waals surface area contributed by atoms with Gasteiger partial charge in [0.15, 0.2) is 0 Å². The third-order valence-electron chi connectivity index (χ3n) is 3.37. The topological polar surface area (TPSA) is 38.0 Å². The van der Waals surface area contributed by atoms with Gasteiger partial charge in [0.2, 0.25) is 0 Å². The highest BCUT2D eigenvalue weighted by Crippen LogP contribution is 2.33. The van der Waals surface area contributed by atoms with Crippen molar-refractivity contribution >= 4 is 34.7 Å². The molecule has 3 N–H and O–H groups in total. The molecule has 1 aliphatic carbocycles. The molecule has 2 nitrogen and oxygen atoms in total. The molecule has 2 rings (SSSR count). The van der Waals surface area contributed by atoms with Crippen LogP contribution in [0.4, 0.5) is 5.69 Å². The largest absolute Gasteiger partial charge is 0.389 e. The third-order valence-corrected chi connectivity index (χ3v) is 4.52. The highest BCUT2D eigenvalue weighted by atomic mass is 32.2. The maximum Gasteiger partial charge on any atom is 0.107 e. The summed E-state index contributed by atoms with van der Waals surface area (Å²) >= 11 is 7.00. The van der Waals surface area contributed by atoms with Crippen LogP contribution in [0.15, 0.2) is 23.1 Å². The normalized spacial score (nSPS) is 14.4. The van der Waals surface area contributed by atoms with Gasteiger partial charge in [-0.1, -0.05) is 38.0 Å². The molecular formula is C15H22N2S2. The van der Waals surface area contributed by atoms with E-state index in [1.807, 2.05) is 0 Å². The number of benzene rings is 1. The van der Waals surface area contributed by atoms with Gasteiger partial charge in [-0.3, -0.25) is 0 Å². The van der Waals surface area contributed by atoms with Crippen molar-refractivity contribution in [1.29, 1.82) is 0 Å². The lowest BCUT2D eigenvalue weighted by atomic mass is 10.1. The molecule has 0 atom stereocenters. The van der Waals surface area contributed by atoms with Crippen LogP contribution in [0.2, 0.25) is 0 Å². The van der Waals surface area contributed by atoms with E-state index in [1.54, 1.807) is 11.8 Å². The maximum absolute atomic E-state index is 5.89. The van der Waals surface area contributed by atoms with E-state index in [0.29, 0.717) is 4.99 Å². The van der Waals surface area contributed by atoms with Gasteiger partial charge in [0.05, 0.1) is 0 Å². The quantitative estimate of drug-likeness (QED) is 0.431. The Kier molecular flexibility index (Phi) is 5.52. The lowest BCUT2D eigenvalue weighted by Crippen LogP contribution is -2.15. The number of thioether (sulfide) groups is 1. The minimum atomic E-state index is 0.487. The lowest BCUT2D eigenvalue weighted by molar-refractivity contribution is 0.687. The number of nitrogens with two attached hydrogens (primary N) is 1. The second-order valence-corrected chi connectivity index (χ2v) is 6.73. The summed E-state index contributed by atoms with van der Waals surface area (Å²) in [6, 6.07) is 6.24. The fourth-order valence-electron chi connectivity index (χ4n) is 2.23. The number of nitrogens with one attached hydrogen (secondary N) is 1. The number of hydrogen-bond donors (Lipinski definition) is 2. The van der Waals surface area contributed by atoms with Crippen LogP contribution in [-0.2, 0) is 0 Å². The summed E-state index contributed by atoms with van der Waals surface area (Å²) in [6.45, 7) is 3.15. The smallest absolute Gasteiger partial charge is 0.107 e. The Bertz CT molecular complexity index is 442. The zero-order valence-electron chi connectivity index (χ0n) is 11.4. The molecule has 1 fully saturated rings. The van der Waals surface area contributed by atoms with E-state index in [-0.39, 0.29) is 0 Å². The van der Waals surface area contributed by atoms with Crippen LogP contribution < -0.4 is 11.1 Å². The zero-order chi connectivity index (χ0) is 13.7. The fourth-order valence-corrected chi connectivity index (χ4v) is 3.36. The van der Waals surface area contributed by atoms with E-state index in [1.165, 1.54) is 30.6 Å². The average Bonchev–Trinajstić information content (AvgIpc) is 3.19. The van der Waals surface area contributed by atoms with Gasteiger partial charge < -0.3 is 11.1 Å². The number of thiocarbonyl (C=S) groups is 1. The summed E-state index contributed by atoms with van der Waals surface area (Å²) in [5.74, 6) is 2.03. The van der Waals surface area contributed by atoms with Gasteiger partial charge in [-0.2, -0.15) is 0 Å². The predicted molar refractivity (Wildman–Crippen MR) is 89.2 cm³/mol. The van der Waals surface area contributed by atoms with Gasteiger partial charge in [-0.05, 0) is 36.6 Å². The summed E-state index contributed by atoms with van der Waals surface area (Å²) in [4.78, 5) is 1.67. The van der Waals surface area contributed by atoms with Crippen LogP contribution in [0.25, 0.3) is 0 Å². The monoisotopic (exact) mass is 294 g/mol. The van der Waals surface area contributed by atoms with Crippen molar-refractivity contribution in [3.8, 4) is 0 Å². The Hall–Kier alpha value is -0.740. The number of anilines is 1. The minimum Gasteiger partial charge on any atom is -0.389 e. The van der Waals surface area contributed by atoms with Crippen LogP contribution in [0.3, 0.4) is 0 Å². The molecule has 1 aromatic rings. The van der Waals surface area contributed by atoms with Crippen LogP contribution in [0.5, 0.6) is 0 Å². The molecular weight excluding hydrogens is 272 g/mol. The molecule has 0 radical (unpaired) electrons. The van der Waals surface area contributed by atoms with Gasteiger partial charge in [0.1, 0.15) is 4.99 Å². The molecule has 0 unspecified atom stereocenters. The van der Waals surface area contributed by atoms with E-state index < -0.39 is 0 Å². The zero-order valence-corrected chi connectivity index (χ0v) is 13.1. The summed E-state index contributed by atoms with van der Waals surface area (Å²) in [5, 5.41) is 3.50. The van der Waals surface area contributed by atoms with Crippen molar-refractivity contribution in [3.63, 3.8) is 0 Å². The van der Waals surface area contributed by atoms with Crippen LogP contribution >= 0.6 is 24.0 Å². The molecule has 4 heteroatoms. The van der Waals surface area contributed by atoms with E-state index in [4.69, 9.17) is 18.0 Å². The molecule has 104 valence electrons. The maximum atomic E-state index is 5.89. The first kappa shape index (κ1) is 14.7. The fraction of sp³-hybridized carbons (Fsp3) is 0.533. The molecule has 0 spiro atoms. The Morgan fingerprint density at radius 3 is 2.89 bits per heavy atom. The first-order valence-corrected chi connectivity index (χ1v) is 8.41. The standard InChI is InChI=1S/C15H22N2S2/c1-2-19-13-7-3-6-12(14(13)15(16)18)17-10-4-5-11-8-9-11/h3,6-7,11,17H,2,4-5,8-10H2,1H3,(H2,16,18). The van der Waals surface area contributed by atoms with Crippen molar-refractivity contribution in [2.75, 3.05) is 17.6 Å². The molecule has 0 saturated heterocycles. The van der Waals surface area contributed by atoms with Gasteiger partial charge in [-0.25, -0.2) is 0 Å². The van der Waals surface area contributed by atoms with E-state index in [0.717, 1.165) is 29.5 Å².